The molecule has 1 unspecified atom stereocenters. The van der Waals surface area contributed by atoms with Gasteiger partial charge in [-0.15, -0.1) is 0 Å². The van der Waals surface area contributed by atoms with E-state index in [1.807, 2.05) is 0 Å². The summed E-state index contributed by atoms with van der Waals surface area (Å²) >= 11 is 5.57. The van der Waals surface area contributed by atoms with Gasteiger partial charge >= 0.3 is 6.18 Å². The number of rotatable bonds is 5. The predicted octanol–water partition coefficient (Wildman–Crippen LogP) is 2.93. The van der Waals surface area contributed by atoms with Crippen LogP contribution in [0.1, 0.15) is 5.56 Å². The monoisotopic (exact) mass is 285 g/mol. The Bertz CT molecular complexity index is 397. The highest BCUT2D eigenvalue weighted by Crippen LogP contribution is 2.19. The lowest BCUT2D eigenvalue weighted by Gasteiger charge is -2.14. The zero-order valence-corrected chi connectivity index (χ0v) is 10.1. The molecule has 0 saturated carbocycles. The second-order valence-corrected chi connectivity index (χ2v) is 4.21. The summed E-state index contributed by atoms with van der Waals surface area (Å²) < 4.78 is 53.3. The lowest BCUT2D eigenvalue weighted by atomic mass is 10.1. The molecule has 0 aliphatic heterocycles. The fourth-order valence-electron chi connectivity index (χ4n) is 1.37. The fourth-order valence-corrected chi connectivity index (χ4v) is 1.57. The summed E-state index contributed by atoms with van der Waals surface area (Å²) in [6.07, 6.45) is -4.33. The zero-order chi connectivity index (χ0) is 13.8. The molecule has 2 nitrogen and oxygen atoms in total. The molecular formula is C11H12ClF4NO. The molecule has 0 spiro atoms. The third kappa shape index (κ3) is 5.20. The van der Waals surface area contributed by atoms with E-state index < -0.39 is 24.6 Å². The van der Waals surface area contributed by atoms with Gasteiger partial charge in [-0.3, -0.25) is 0 Å². The average Bonchev–Trinajstić information content (AvgIpc) is 2.23. The molecule has 18 heavy (non-hydrogen) atoms. The Morgan fingerprint density at radius 2 is 2.00 bits per heavy atom. The Morgan fingerprint density at radius 3 is 2.61 bits per heavy atom. The molecule has 1 atom stereocenters. The Hall–Kier alpha value is -0.850. The highest BCUT2D eigenvalue weighted by atomic mass is 35.5. The summed E-state index contributed by atoms with van der Waals surface area (Å²) in [5, 5.41) is -0.0455. The maximum atomic E-state index is 13.5. The van der Waals surface area contributed by atoms with Crippen molar-refractivity contribution in [3.8, 4) is 0 Å². The van der Waals surface area contributed by atoms with Crippen LogP contribution in [0.3, 0.4) is 0 Å². The van der Waals surface area contributed by atoms with Crippen molar-refractivity contribution in [2.75, 3.05) is 13.2 Å². The van der Waals surface area contributed by atoms with Crippen molar-refractivity contribution in [3.63, 3.8) is 0 Å². The van der Waals surface area contributed by atoms with Crippen LogP contribution < -0.4 is 5.73 Å². The minimum absolute atomic E-state index is 0.0455. The van der Waals surface area contributed by atoms with E-state index in [0.29, 0.717) is 0 Å². The third-order valence-corrected chi connectivity index (χ3v) is 2.40. The largest absolute Gasteiger partial charge is 0.411 e. The molecule has 1 rings (SSSR count). The van der Waals surface area contributed by atoms with E-state index in [0.717, 1.165) is 0 Å². The first kappa shape index (κ1) is 15.2. The lowest BCUT2D eigenvalue weighted by Crippen LogP contribution is -2.31. The highest BCUT2D eigenvalue weighted by molar-refractivity contribution is 6.30. The smallest absolute Gasteiger partial charge is 0.370 e. The molecule has 0 bridgehead atoms. The molecule has 0 aromatic heterocycles. The molecule has 7 heteroatoms. The minimum atomic E-state index is -4.39. The maximum Gasteiger partial charge on any atom is 0.411 e. The first-order chi connectivity index (χ1) is 8.29. The number of halogens is 5. The first-order valence-electron chi connectivity index (χ1n) is 5.12. The van der Waals surface area contributed by atoms with Gasteiger partial charge in [0.05, 0.1) is 11.6 Å². The number of ether oxygens (including phenoxy) is 1. The van der Waals surface area contributed by atoms with Crippen molar-refractivity contribution < 1.29 is 22.3 Å². The van der Waals surface area contributed by atoms with Crippen LogP contribution >= 0.6 is 11.6 Å². The molecule has 2 N–H and O–H groups in total. The van der Waals surface area contributed by atoms with Crippen molar-refractivity contribution in [1.82, 2.24) is 0 Å². The van der Waals surface area contributed by atoms with Gasteiger partial charge in [-0.1, -0.05) is 23.7 Å². The molecule has 0 saturated heterocycles. The third-order valence-electron chi connectivity index (χ3n) is 2.11. The average molecular weight is 286 g/mol. The van der Waals surface area contributed by atoms with Gasteiger partial charge < -0.3 is 10.5 Å². The van der Waals surface area contributed by atoms with E-state index in [2.05, 4.69) is 4.74 Å². The molecule has 102 valence electrons. The van der Waals surface area contributed by atoms with Gasteiger partial charge in [0.25, 0.3) is 0 Å². The molecule has 1 aromatic rings. The van der Waals surface area contributed by atoms with E-state index in [9.17, 15) is 17.6 Å². The number of hydrogen-bond acceptors (Lipinski definition) is 2. The summed E-state index contributed by atoms with van der Waals surface area (Å²) in [5.74, 6) is -0.606. The summed E-state index contributed by atoms with van der Waals surface area (Å²) in [5.41, 5.74) is 5.81. The SMILES string of the molecule is NC(COCC(F)(F)F)Cc1cccc(Cl)c1F. The van der Waals surface area contributed by atoms with E-state index in [1.54, 1.807) is 6.07 Å². The van der Waals surface area contributed by atoms with Gasteiger partial charge in [-0.05, 0) is 18.1 Å². The van der Waals surface area contributed by atoms with Gasteiger partial charge in [0, 0.05) is 6.04 Å². The van der Waals surface area contributed by atoms with Crippen LogP contribution in [-0.4, -0.2) is 25.4 Å². The maximum absolute atomic E-state index is 13.5. The predicted molar refractivity (Wildman–Crippen MR) is 60.0 cm³/mol. The van der Waals surface area contributed by atoms with Crippen LogP contribution in [0.4, 0.5) is 17.6 Å². The standard InChI is InChI=1S/C11H12ClF4NO/c12-9-3-1-2-7(10(9)13)4-8(17)5-18-6-11(14,15)16/h1-3,8H,4-6,17H2. The number of hydrogen-bond donors (Lipinski definition) is 1. The Balaban J connectivity index is 2.45. The van der Waals surface area contributed by atoms with Gasteiger partial charge in [0.15, 0.2) is 0 Å². The molecule has 0 fully saturated rings. The number of benzene rings is 1. The van der Waals surface area contributed by atoms with Crippen LogP contribution in [0, 0.1) is 5.82 Å². The lowest BCUT2D eigenvalue weighted by molar-refractivity contribution is -0.174. The van der Waals surface area contributed by atoms with Crippen LogP contribution in [0.25, 0.3) is 0 Å². The number of alkyl halides is 3. The highest BCUT2D eigenvalue weighted by Gasteiger charge is 2.27. The summed E-state index contributed by atoms with van der Waals surface area (Å²) in [6.45, 7) is -1.66. The van der Waals surface area contributed by atoms with Crippen molar-refractivity contribution in [1.29, 1.82) is 0 Å². The second kappa shape index (κ2) is 6.36. The van der Waals surface area contributed by atoms with Gasteiger partial charge in [0.1, 0.15) is 12.4 Å². The van der Waals surface area contributed by atoms with E-state index in [1.165, 1.54) is 12.1 Å². The van der Waals surface area contributed by atoms with Crippen molar-refractivity contribution in [2.45, 2.75) is 18.6 Å². The van der Waals surface area contributed by atoms with Crippen LogP contribution in [0.2, 0.25) is 5.02 Å². The summed E-state index contributed by atoms with van der Waals surface area (Å²) in [4.78, 5) is 0. The van der Waals surface area contributed by atoms with Crippen LogP contribution in [0.15, 0.2) is 18.2 Å². The Morgan fingerprint density at radius 1 is 1.33 bits per heavy atom. The molecule has 1 aromatic carbocycles. The molecule has 0 amide bonds. The normalized spacial score (nSPS) is 13.7. The Labute approximate surface area is 107 Å². The van der Waals surface area contributed by atoms with Gasteiger partial charge in [0.2, 0.25) is 0 Å². The molecule has 0 aliphatic carbocycles. The zero-order valence-electron chi connectivity index (χ0n) is 9.31. The summed E-state index contributed by atoms with van der Waals surface area (Å²) in [7, 11) is 0. The van der Waals surface area contributed by atoms with Crippen LogP contribution in [-0.2, 0) is 11.2 Å². The van der Waals surface area contributed by atoms with Crippen molar-refractivity contribution in [3.05, 3.63) is 34.6 Å². The van der Waals surface area contributed by atoms with Gasteiger partial charge in [-0.25, -0.2) is 4.39 Å². The van der Waals surface area contributed by atoms with Gasteiger partial charge in [-0.2, -0.15) is 13.2 Å². The van der Waals surface area contributed by atoms with Crippen LogP contribution in [0.5, 0.6) is 0 Å². The second-order valence-electron chi connectivity index (χ2n) is 3.81. The molecule has 0 heterocycles. The van der Waals surface area contributed by atoms with Crippen molar-refractivity contribution in [2.24, 2.45) is 5.73 Å². The van der Waals surface area contributed by atoms with E-state index in [-0.39, 0.29) is 23.6 Å². The topological polar surface area (TPSA) is 35.2 Å². The fraction of sp³-hybridized carbons (Fsp3) is 0.455. The molecule has 0 aliphatic rings. The quantitative estimate of drug-likeness (QED) is 0.844. The summed E-state index contributed by atoms with van der Waals surface area (Å²) in [6, 6.07) is 3.68. The van der Waals surface area contributed by atoms with E-state index >= 15 is 0 Å². The minimum Gasteiger partial charge on any atom is -0.370 e. The first-order valence-corrected chi connectivity index (χ1v) is 5.50. The Kier molecular flexibility index (Phi) is 5.37. The molecular weight excluding hydrogens is 274 g/mol. The van der Waals surface area contributed by atoms with E-state index in [4.69, 9.17) is 17.3 Å². The van der Waals surface area contributed by atoms with Crippen molar-refractivity contribution >= 4 is 11.6 Å². The number of nitrogens with two attached hydrogens (primary N) is 1. The molecule has 0 radical (unpaired) electrons.